The Bertz CT molecular complexity index is 684. The summed E-state index contributed by atoms with van der Waals surface area (Å²) < 4.78 is 37.1. The standard InChI is InChI=1S/C16H20FNO2S/c1-10(14-8-11-3-4-12(14)7-11)18-16-9-13(21(2,19)20)5-6-15(16)17/h3-6,9-12,14,18H,7-8H2,1-2H3. The maximum atomic E-state index is 13.9. The first-order chi connectivity index (χ1) is 9.84. The largest absolute Gasteiger partial charge is 0.380 e. The molecule has 2 bridgehead atoms. The Morgan fingerprint density at radius 2 is 2.05 bits per heavy atom. The van der Waals surface area contributed by atoms with Crippen LogP contribution in [0.3, 0.4) is 0 Å². The number of allylic oxidation sites excluding steroid dienone is 2. The van der Waals surface area contributed by atoms with Crippen LogP contribution in [0, 0.1) is 23.6 Å². The van der Waals surface area contributed by atoms with Gasteiger partial charge in [0.15, 0.2) is 9.84 Å². The van der Waals surface area contributed by atoms with Gasteiger partial charge < -0.3 is 5.32 Å². The molecule has 1 N–H and O–H groups in total. The summed E-state index contributed by atoms with van der Waals surface area (Å²) in [4.78, 5) is 0.145. The normalized spacial score (nSPS) is 28.8. The molecule has 0 aromatic heterocycles. The van der Waals surface area contributed by atoms with Crippen LogP contribution in [-0.2, 0) is 9.84 Å². The number of hydrogen-bond acceptors (Lipinski definition) is 3. The molecule has 3 rings (SSSR count). The number of nitrogens with one attached hydrogen (secondary N) is 1. The van der Waals surface area contributed by atoms with E-state index in [1.54, 1.807) is 0 Å². The van der Waals surface area contributed by atoms with Crippen molar-refractivity contribution in [2.24, 2.45) is 17.8 Å². The topological polar surface area (TPSA) is 46.2 Å². The Kier molecular flexibility index (Phi) is 3.56. The van der Waals surface area contributed by atoms with Crippen LogP contribution in [0.2, 0.25) is 0 Å². The molecule has 0 aliphatic heterocycles. The second-order valence-electron chi connectivity index (χ2n) is 6.29. The van der Waals surface area contributed by atoms with E-state index >= 15 is 0 Å². The molecule has 1 aromatic rings. The second kappa shape index (κ2) is 5.13. The van der Waals surface area contributed by atoms with Gasteiger partial charge in [-0.15, -0.1) is 0 Å². The van der Waals surface area contributed by atoms with Crippen molar-refractivity contribution in [1.29, 1.82) is 0 Å². The first kappa shape index (κ1) is 14.6. The number of rotatable bonds is 4. The highest BCUT2D eigenvalue weighted by molar-refractivity contribution is 7.90. The molecular formula is C16H20FNO2S. The first-order valence-corrected chi connectivity index (χ1v) is 9.18. The average Bonchev–Trinajstić information content (AvgIpc) is 3.02. The summed E-state index contributed by atoms with van der Waals surface area (Å²) >= 11 is 0. The zero-order chi connectivity index (χ0) is 15.2. The molecule has 1 aromatic carbocycles. The van der Waals surface area contributed by atoms with E-state index in [1.165, 1.54) is 24.6 Å². The summed E-state index contributed by atoms with van der Waals surface area (Å²) in [6, 6.07) is 4.03. The molecule has 2 aliphatic carbocycles. The quantitative estimate of drug-likeness (QED) is 0.686. The number of hydrogen-bond donors (Lipinski definition) is 1. The Hall–Kier alpha value is -1.36. The van der Waals surface area contributed by atoms with Crippen molar-refractivity contribution in [1.82, 2.24) is 0 Å². The van der Waals surface area contributed by atoms with Crippen LogP contribution in [0.1, 0.15) is 19.8 Å². The van der Waals surface area contributed by atoms with E-state index in [0.717, 1.165) is 12.7 Å². The van der Waals surface area contributed by atoms with Crippen LogP contribution in [0.15, 0.2) is 35.2 Å². The van der Waals surface area contributed by atoms with Crippen LogP contribution in [0.5, 0.6) is 0 Å². The molecule has 4 unspecified atom stereocenters. The fraction of sp³-hybridized carbons (Fsp3) is 0.500. The highest BCUT2D eigenvalue weighted by Crippen LogP contribution is 2.45. The summed E-state index contributed by atoms with van der Waals surface area (Å²) in [5.41, 5.74) is 0.275. The lowest BCUT2D eigenvalue weighted by Crippen LogP contribution is -2.29. The molecule has 21 heavy (non-hydrogen) atoms. The molecule has 5 heteroatoms. The number of benzene rings is 1. The van der Waals surface area contributed by atoms with Gasteiger partial charge in [-0.1, -0.05) is 12.2 Å². The average molecular weight is 309 g/mol. The van der Waals surface area contributed by atoms with E-state index in [0.29, 0.717) is 17.8 Å². The molecule has 1 fully saturated rings. The fourth-order valence-electron chi connectivity index (χ4n) is 3.60. The van der Waals surface area contributed by atoms with Crippen molar-refractivity contribution in [3.8, 4) is 0 Å². The predicted octanol–water partition coefficient (Wildman–Crippen LogP) is 3.24. The van der Waals surface area contributed by atoms with Gasteiger partial charge in [-0.2, -0.15) is 0 Å². The Labute approximate surface area is 125 Å². The zero-order valence-corrected chi connectivity index (χ0v) is 13.0. The highest BCUT2D eigenvalue weighted by Gasteiger charge is 2.38. The summed E-state index contributed by atoms with van der Waals surface area (Å²) in [5.74, 6) is 1.31. The highest BCUT2D eigenvalue weighted by atomic mass is 32.2. The van der Waals surface area contributed by atoms with Gasteiger partial charge in [0.2, 0.25) is 0 Å². The van der Waals surface area contributed by atoms with Crippen molar-refractivity contribution in [3.63, 3.8) is 0 Å². The zero-order valence-electron chi connectivity index (χ0n) is 12.2. The van der Waals surface area contributed by atoms with Gasteiger partial charge in [-0.05, 0) is 55.7 Å². The number of sulfone groups is 1. The Morgan fingerprint density at radius 1 is 1.29 bits per heavy atom. The third-order valence-electron chi connectivity index (χ3n) is 4.72. The molecular weight excluding hydrogens is 289 g/mol. The number of anilines is 1. The maximum Gasteiger partial charge on any atom is 0.175 e. The van der Waals surface area contributed by atoms with E-state index in [4.69, 9.17) is 0 Å². The summed E-state index contributed by atoms with van der Waals surface area (Å²) in [7, 11) is -3.32. The lowest BCUT2D eigenvalue weighted by Gasteiger charge is -2.27. The van der Waals surface area contributed by atoms with Gasteiger partial charge in [-0.25, -0.2) is 12.8 Å². The first-order valence-electron chi connectivity index (χ1n) is 7.29. The van der Waals surface area contributed by atoms with E-state index in [-0.39, 0.29) is 16.6 Å². The SMILES string of the molecule is CC(Nc1cc(S(C)(=O)=O)ccc1F)C1CC2C=CC1C2. The molecule has 4 atom stereocenters. The lowest BCUT2D eigenvalue weighted by atomic mass is 9.87. The fourth-order valence-corrected chi connectivity index (χ4v) is 4.24. The van der Waals surface area contributed by atoms with Crippen molar-refractivity contribution in [2.45, 2.75) is 30.7 Å². The summed E-state index contributed by atoms with van der Waals surface area (Å²) in [5, 5.41) is 3.18. The minimum absolute atomic E-state index is 0.120. The minimum atomic E-state index is -3.32. The third-order valence-corrected chi connectivity index (χ3v) is 5.83. The van der Waals surface area contributed by atoms with E-state index < -0.39 is 15.7 Å². The molecule has 0 spiro atoms. The van der Waals surface area contributed by atoms with Crippen LogP contribution in [0.4, 0.5) is 10.1 Å². The third kappa shape index (κ3) is 2.84. The van der Waals surface area contributed by atoms with Crippen LogP contribution >= 0.6 is 0 Å². The Balaban J connectivity index is 1.80. The summed E-state index contributed by atoms with van der Waals surface area (Å²) in [6.07, 6.45) is 8.00. The van der Waals surface area contributed by atoms with E-state index in [2.05, 4.69) is 17.5 Å². The van der Waals surface area contributed by atoms with Crippen molar-refractivity contribution >= 4 is 15.5 Å². The van der Waals surface area contributed by atoms with E-state index in [9.17, 15) is 12.8 Å². The van der Waals surface area contributed by atoms with E-state index in [1.807, 2.05) is 6.92 Å². The van der Waals surface area contributed by atoms with Gasteiger partial charge >= 0.3 is 0 Å². The minimum Gasteiger partial charge on any atom is -0.380 e. The molecule has 0 heterocycles. The van der Waals surface area contributed by atoms with Crippen molar-refractivity contribution < 1.29 is 12.8 Å². The lowest BCUT2D eigenvalue weighted by molar-refractivity contribution is 0.398. The van der Waals surface area contributed by atoms with Gasteiger partial charge in [0.05, 0.1) is 10.6 Å². The second-order valence-corrected chi connectivity index (χ2v) is 8.31. The van der Waals surface area contributed by atoms with Crippen LogP contribution < -0.4 is 5.32 Å². The molecule has 0 saturated heterocycles. The smallest absolute Gasteiger partial charge is 0.175 e. The maximum absolute atomic E-state index is 13.9. The van der Waals surface area contributed by atoms with Gasteiger partial charge in [0.1, 0.15) is 5.82 Å². The van der Waals surface area contributed by atoms with Gasteiger partial charge in [0.25, 0.3) is 0 Å². The number of fused-ring (bicyclic) bond motifs is 2. The van der Waals surface area contributed by atoms with Crippen LogP contribution in [-0.4, -0.2) is 20.7 Å². The van der Waals surface area contributed by atoms with Crippen LogP contribution in [0.25, 0.3) is 0 Å². The predicted molar refractivity (Wildman–Crippen MR) is 81.4 cm³/mol. The van der Waals surface area contributed by atoms with Gasteiger partial charge in [0, 0.05) is 12.3 Å². The Morgan fingerprint density at radius 3 is 2.62 bits per heavy atom. The summed E-state index contributed by atoms with van der Waals surface area (Å²) in [6.45, 7) is 2.05. The molecule has 114 valence electrons. The monoisotopic (exact) mass is 309 g/mol. The number of halogens is 1. The van der Waals surface area contributed by atoms with Crippen molar-refractivity contribution in [2.75, 3.05) is 11.6 Å². The van der Waals surface area contributed by atoms with Crippen molar-refractivity contribution in [3.05, 3.63) is 36.2 Å². The molecule has 2 aliphatic rings. The molecule has 3 nitrogen and oxygen atoms in total. The molecule has 0 amide bonds. The molecule has 0 radical (unpaired) electrons. The molecule has 1 saturated carbocycles. The van der Waals surface area contributed by atoms with Gasteiger partial charge in [-0.3, -0.25) is 0 Å².